The Labute approximate surface area is 130 Å². The zero-order valence-corrected chi connectivity index (χ0v) is 13.0. The zero-order valence-electron chi connectivity index (χ0n) is 10.9. The van der Waals surface area contributed by atoms with Crippen molar-refractivity contribution in [3.05, 3.63) is 27.3 Å². The Morgan fingerprint density at radius 1 is 1.40 bits per heavy atom. The number of carbonyl (C=O) groups is 1. The maximum Gasteiger partial charge on any atom is 0.320 e. The molecule has 0 bridgehead atoms. The lowest BCUT2D eigenvalue weighted by atomic mass is 10.1. The van der Waals surface area contributed by atoms with E-state index in [1.54, 1.807) is 12.1 Å². The summed E-state index contributed by atoms with van der Waals surface area (Å²) < 4.78 is 23.1. The molecule has 5 nitrogen and oxygen atoms in total. The predicted molar refractivity (Wildman–Crippen MR) is 80.8 cm³/mol. The minimum absolute atomic E-state index is 0.0642. The molecule has 0 spiro atoms. The molecular weight excluding hydrogens is 380 g/mol. The van der Waals surface area contributed by atoms with Gasteiger partial charge in [-0.2, -0.15) is 0 Å². The molecule has 0 heterocycles. The van der Waals surface area contributed by atoms with Crippen LogP contribution in [0.4, 0.5) is 4.39 Å². The molecule has 3 N–H and O–H groups in total. The van der Waals surface area contributed by atoms with E-state index in [1.165, 1.54) is 0 Å². The highest BCUT2D eigenvalue weighted by Gasteiger charge is 2.14. The van der Waals surface area contributed by atoms with Crippen LogP contribution in [0.25, 0.3) is 0 Å². The quantitative estimate of drug-likeness (QED) is 0.489. The van der Waals surface area contributed by atoms with E-state index in [-0.39, 0.29) is 13.0 Å². The van der Waals surface area contributed by atoms with E-state index in [0.717, 1.165) is 9.13 Å². The van der Waals surface area contributed by atoms with Gasteiger partial charge in [0, 0.05) is 3.57 Å². The molecule has 112 valence electrons. The second kappa shape index (κ2) is 9.09. The normalized spacial score (nSPS) is 12.2. The molecule has 0 amide bonds. The smallest absolute Gasteiger partial charge is 0.320 e. The van der Waals surface area contributed by atoms with E-state index < -0.39 is 18.7 Å². The van der Waals surface area contributed by atoms with Crippen molar-refractivity contribution < 1.29 is 23.8 Å². The fraction of sp³-hybridized carbons (Fsp3) is 0.462. The topological polar surface area (TPSA) is 81.8 Å². The fourth-order valence-corrected chi connectivity index (χ4v) is 2.05. The molecule has 1 rings (SSSR count). The van der Waals surface area contributed by atoms with Crippen LogP contribution in [0.3, 0.4) is 0 Å². The van der Waals surface area contributed by atoms with Gasteiger partial charge >= 0.3 is 5.97 Å². The Hall–Kier alpha value is -0.930. The molecule has 0 radical (unpaired) electrons. The molecule has 1 aromatic carbocycles. The number of hydrogen-bond donors (Lipinski definition) is 2. The lowest BCUT2D eigenvalue weighted by Gasteiger charge is -2.12. The number of carboxylic acids is 1. The first-order chi connectivity index (χ1) is 9.54. The van der Waals surface area contributed by atoms with Gasteiger partial charge in [0.25, 0.3) is 0 Å². The Kier molecular flexibility index (Phi) is 7.78. The van der Waals surface area contributed by atoms with E-state index in [0.29, 0.717) is 19.0 Å². The third-order valence-corrected chi connectivity index (χ3v) is 3.54. The summed E-state index contributed by atoms with van der Waals surface area (Å²) in [7, 11) is 0. The van der Waals surface area contributed by atoms with Crippen LogP contribution in [-0.4, -0.2) is 43.6 Å². The van der Waals surface area contributed by atoms with Crippen LogP contribution >= 0.6 is 22.6 Å². The van der Waals surface area contributed by atoms with Crippen LogP contribution in [0, 0.1) is 3.57 Å². The van der Waals surface area contributed by atoms with Crippen LogP contribution in [-0.2, 0) is 16.0 Å². The second-order valence-corrected chi connectivity index (χ2v) is 5.21. The SMILES string of the molecule is N[C@@H](Cc1cc(OCCOCCF)ccc1I)C(=O)O. The highest BCUT2D eigenvalue weighted by atomic mass is 127. The van der Waals surface area contributed by atoms with E-state index in [1.807, 2.05) is 6.07 Å². The van der Waals surface area contributed by atoms with Gasteiger partial charge in [-0.25, -0.2) is 4.39 Å². The zero-order chi connectivity index (χ0) is 15.0. The molecule has 20 heavy (non-hydrogen) atoms. The summed E-state index contributed by atoms with van der Waals surface area (Å²) >= 11 is 2.12. The summed E-state index contributed by atoms with van der Waals surface area (Å²) in [5.41, 5.74) is 6.35. The Bertz CT molecular complexity index is 444. The van der Waals surface area contributed by atoms with Gasteiger partial charge in [-0.15, -0.1) is 0 Å². The van der Waals surface area contributed by atoms with Crippen molar-refractivity contribution in [1.29, 1.82) is 0 Å². The minimum atomic E-state index is -1.04. The van der Waals surface area contributed by atoms with Gasteiger partial charge in [0.15, 0.2) is 0 Å². The number of rotatable bonds is 9. The van der Waals surface area contributed by atoms with Crippen molar-refractivity contribution >= 4 is 28.6 Å². The first-order valence-electron chi connectivity index (χ1n) is 6.08. The molecule has 0 aromatic heterocycles. The standard InChI is InChI=1S/C13H17FINO4/c14-3-4-19-5-6-20-10-1-2-11(15)9(7-10)8-12(16)13(17)18/h1-2,7,12H,3-6,8,16H2,(H,17,18)/t12-/m0/s1. The van der Waals surface area contributed by atoms with Crippen molar-refractivity contribution in [3.63, 3.8) is 0 Å². The van der Waals surface area contributed by atoms with Crippen LogP contribution in [0.5, 0.6) is 5.75 Å². The van der Waals surface area contributed by atoms with E-state index in [2.05, 4.69) is 22.6 Å². The molecule has 0 aliphatic heterocycles. The molecule has 0 aliphatic rings. The number of benzene rings is 1. The Morgan fingerprint density at radius 3 is 2.80 bits per heavy atom. The molecule has 1 aromatic rings. The number of carboxylic acid groups (broad SMARTS) is 1. The molecule has 1 atom stereocenters. The minimum Gasteiger partial charge on any atom is -0.491 e. The molecule has 7 heteroatoms. The molecule has 0 saturated carbocycles. The van der Waals surface area contributed by atoms with Crippen molar-refractivity contribution in [2.45, 2.75) is 12.5 Å². The summed E-state index contributed by atoms with van der Waals surface area (Å²) in [4.78, 5) is 10.8. The van der Waals surface area contributed by atoms with E-state index in [4.69, 9.17) is 20.3 Å². The monoisotopic (exact) mass is 397 g/mol. The third-order valence-electron chi connectivity index (χ3n) is 2.49. The average molecular weight is 397 g/mol. The predicted octanol–water partition coefficient (Wildman–Crippen LogP) is 1.61. The van der Waals surface area contributed by atoms with Gasteiger partial charge in [-0.1, -0.05) is 0 Å². The number of halogens is 2. The average Bonchev–Trinajstić information content (AvgIpc) is 2.41. The second-order valence-electron chi connectivity index (χ2n) is 4.05. The lowest BCUT2D eigenvalue weighted by molar-refractivity contribution is -0.138. The summed E-state index contributed by atoms with van der Waals surface area (Å²) in [6.45, 7) is 0.167. The van der Waals surface area contributed by atoms with Crippen LogP contribution < -0.4 is 10.5 Å². The molecule has 0 fully saturated rings. The van der Waals surface area contributed by atoms with Crippen LogP contribution in [0.2, 0.25) is 0 Å². The summed E-state index contributed by atoms with van der Waals surface area (Å²) in [6.07, 6.45) is 0.239. The summed E-state index contributed by atoms with van der Waals surface area (Å²) in [5.74, 6) is -0.423. The number of ether oxygens (including phenoxy) is 2. The van der Waals surface area contributed by atoms with Crippen molar-refractivity contribution in [1.82, 2.24) is 0 Å². The van der Waals surface area contributed by atoms with Gasteiger partial charge in [-0.3, -0.25) is 4.79 Å². The van der Waals surface area contributed by atoms with E-state index in [9.17, 15) is 9.18 Å². The highest BCUT2D eigenvalue weighted by molar-refractivity contribution is 14.1. The van der Waals surface area contributed by atoms with Crippen LogP contribution in [0.1, 0.15) is 5.56 Å². The number of aliphatic carboxylic acids is 1. The van der Waals surface area contributed by atoms with Crippen LogP contribution in [0.15, 0.2) is 18.2 Å². The van der Waals surface area contributed by atoms with E-state index >= 15 is 0 Å². The van der Waals surface area contributed by atoms with Crippen molar-refractivity contribution in [2.75, 3.05) is 26.5 Å². The summed E-state index contributed by atoms with van der Waals surface area (Å²) in [5, 5.41) is 8.82. The maximum absolute atomic E-state index is 11.8. The van der Waals surface area contributed by atoms with Gasteiger partial charge in [0.05, 0.1) is 13.2 Å². The largest absolute Gasteiger partial charge is 0.491 e. The first-order valence-corrected chi connectivity index (χ1v) is 7.15. The van der Waals surface area contributed by atoms with Gasteiger partial charge in [0.1, 0.15) is 25.1 Å². The number of hydrogen-bond acceptors (Lipinski definition) is 4. The summed E-state index contributed by atoms with van der Waals surface area (Å²) in [6, 6.07) is 4.45. The number of alkyl halides is 1. The highest BCUT2D eigenvalue weighted by Crippen LogP contribution is 2.20. The Balaban J connectivity index is 2.55. The van der Waals surface area contributed by atoms with Crippen molar-refractivity contribution in [3.8, 4) is 5.75 Å². The van der Waals surface area contributed by atoms with Gasteiger partial charge in [-0.05, 0) is 52.8 Å². The molecular formula is C13H17FINO4. The molecule has 0 aliphatic carbocycles. The van der Waals surface area contributed by atoms with Gasteiger partial charge < -0.3 is 20.3 Å². The van der Waals surface area contributed by atoms with Gasteiger partial charge in [0.2, 0.25) is 0 Å². The third kappa shape index (κ3) is 6.02. The molecule has 0 unspecified atom stereocenters. The molecule has 0 saturated heterocycles. The first kappa shape index (κ1) is 17.1. The lowest BCUT2D eigenvalue weighted by Crippen LogP contribution is -2.32. The fourth-order valence-electron chi connectivity index (χ4n) is 1.50. The number of nitrogens with two attached hydrogens (primary N) is 1. The van der Waals surface area contributed by atoms with Crippen molar-refractivity contribution in [2.24, 2.45) is 5.73 Å². The maximum atomic E-state index is 11.8. The Morgan fingerprint density at radius 2 is 2.15 bits per heavy atom.